The maximum atomic E-state index is 14.1. The molecule has 3 fully saturated rings. The van der Waals surface area contributed by atoms with Crippen LogP contribution in [-0.4, -0.2) is 82.3 Å². The number of aliphatic hydroxyl groups is 1. The van der Waals surface area contributed by atoms with Crippen LogP contribution >= 0.6 is 0 Å². The van der Waals surface area contributed by atoms with Crippen LogP contribution in [0.3, 0.4) is 0 Å². The Morgan fingerprint density at radius 2 is 2.06 bits per heavy atom. The molecule has 8 nitrogen and oxygen atoms in total. The van der Waals surface area contributed by atoms with Crippen LogP contribution in [0.5, 0.6) is 0 Å². The minimum absolute atomic E-state index is 0.0398. The summed E-state index contributed by atoms with van der Waals surface area (Å²) in [6, 6.07) is -1.46. The van der Waals surface area contributed by atoms with E-state index in [0.29, 0.717) is 25.9 Å². The van der Waals surface area contributed by atoms with Gasteiger partial charge < -0.3 is 24.4 Å². The van der Waals surface area contributed by atoms with Gasteiger partial charge in [-0.1, -0.05) is 45.9 Å². The van der Waals surface area contributed by atoms with Crippen molar-refractivity contribution in [2.24, 2.45) is 17.8 Å². The summed E-state index contributed by atoms with van der Waals surface area (Å²) >= 11 is 0. The predicted octanol–water partition coefficient (Wildman–Crippen LogP) is 2.31. The zero-order valence-corrected chi connectivity index (χ0v) is 21.0. The van der Waals surface area contributed by atoms with E-state index in [4.69, 9.17) is 9.47 Å². The number of hydrogen-bond donors (Lipinski definition) is 1. The second-order valence-electron chi connectivity index (χ2n) is 10.0. The number of aliphatic hydroxyl groups excluding tert-OH is 1. The van der Waals surface area contributed by atoms with E-state index in [1.54, 1.807) is 11.0 Å². The van der Waals surface area contributed by atoms with Gasteiger partial charge in [0.15, 0.2) is 0 Å². The summed E-state index contributed by atoms with van der Waals surface area (Å²) in [4.78, 5) is 44.6. The van der Waals surface area contributed by atoms with Gasteiger partial charge in [0.25, 0.3) is 0 Å². The molecule has 0 aliphatic carbocycles. The van der Waals surface area contributed by atoms with Gasteiger partial charge >= 0.3 is 5.97 Å². The Hall–Kier alpha value is -2.19. The first-order chi connectivity index (χ1) is 16.2. The first kappa shape index (κ1) is 26.4. The molecule has 3 aliphatic heterocycles. The number of esters is 1. The number of carbonyl (C=O) groups excluding carboxylic acids is 3. The summed E-state index contributed by atoms with van der Waals surface area (Å²) in [6.07, 6.45) is 5.86. The van der Waals surface area contributed by atoms with Crippen molar-refractivity contribution in [3.05, 3.63) is 25.3 Å². The van der Waals surface area contributed by atoms with Crippen LogP contribution in [0.25, 0.3) is 0 Å². The standard InChI is InChI=1S/C26H40N2O6/c1-7-11-13-27(12-8-2)23(31)21-26-15-17(5)25(6,34-26)20(24(32)33-14-9-3)19(26)22(30)28(21)18(10-4)16-29/h8-9,17-21,29H,2-3,7,10-16H2,1,4-6H3/t17?,18-,19-,20-,21?,25+,26?/m0/s1. The van der Waals surface area contributed by atoms with E-state index in [1.807, 2.05) is 20.8 Å². The largest absolute Gasteiger partial charge is 0.461 e. The number of likely N-dealkylation sites (tertiary alicyclic amines) is 1. The zero-order chi connectivity index (χ0) is 25.3. The highest BCUT2D eigenvalue weighted by atomic mass is 16.6. The van der Waals surface area contributed by atoms with E-state index < -0.39 is 41.1 Å². The molecule has 3 saturated heterocycles. The van der Waals surface area contributed by atoms with Gasteiger partial charge in [-0.3, -0.25) is 14.4 Å². The average Bonchev–Trinajstić information content (AvgIpc) is 3.32. The van der Waals surface area contributed by atoms with Crippen LogP contribution in [0.4, 0.5) is 0 Å². The lowest BCUT2D eigenvalue weighted by molar-refractivity contribution is -0.163. The highest BCUT2D eigenvalue weighted by Crippen LogP contribution is 2.65. The van der Waals surface area contributed by atoms with Gasteiger partial charge in [0, 0.05) is 13.1 Å². The third-order valence-electron chi connectivity index (χ3n) is 8.10. The number of carbonyl (C=O) groups is 3. The van der Waals surface area contributed by atoms with E-state index in [9.17, 15) is 19.5 Å². The molecule has 34 heavy (non-hydrogen) atoms. The predicted molar refractivity (Wildman–Crippen MR) is 128 cm³/mol. The van der Waals surface area contributed by atoms with Crippen molar-refractivity contribution >= 4 is 17.8 Å². The quantitative estimate of drug-likeness (QED) is 0.343. The summed E-state index contributed by atoms with van der Waals surface area (Å²) in [5.74, 6) is -2.77. The number of hydrogen-bond acceptors (Lipinski definition) is 6. The molecular weight excluding hydrogens is 436 g/mol. The van der Waals surface area contributed by atoms with Gasteiger partial charge in [-0.15, -0.1) is 6.58 Å². The number of amides is 2. The summed E-state index contributed by atoms with van der Waals surface area (Å²) in [6.45, 7) is 15.8. The van der Waals surface area contributed by atoms with Crippen molar-refractivity contribution in [2.45, 2.75) is 76.7 Å². The number of ether oxygens (including phenoxy) is 2. The highest BCUT2D eigenvalue weighted by molar-refractivity contribution is 5.98. The first-order valence-corrected chi connectivity index (χ1v) is 12.5. The van der Waals surface area contributed by atoms with Crippen molar-refractivity contribution < 1.29 is 29.0 Å². The molecule has 3 unspecified atom stereocenters. The molecule has 3 aliphatic rings. The Morgan fingerprint density at radius 1 is 1.35 bits per heavy atom. The van der Waals surface area contributed by atoms with Gasteiger partial charge in [-0.2, -0.15) is 0 Å². The fourth-order valence-corrected chi connectivity index (χ4v) is 6.32. The molecule has 7 atom stereocenters. The molecule has 1 N–H and O–H groups in total. The van der Waals surface area contributed by atoms with Crippen LogP contribution in [0.1, 0.15) is 53.4 Å². The first-order valence-electron chi connectivity index (χ1n) is 12.5. The monoisotopic (exact) mass is 476 g/mol. The van der Waals surface area contributed by atoms with Crippen LogP contribution in [-0.2, 0) is 23.9 Å². The number of fused-ring (bicyclic) bond motifs is 1. The van der Waals surface area contributed by atoms with Crippen molar-refractivity contribution in [1.82, 2.24) is 9.80 Å². The minimum atomic E-state index is -1.14. The highest BCUT2D eigenvalue weighted by Gasteiger charge is 2.80. The lowest BCUT2D eigenvalue weighted by Gasteiger charge is -2.39. The van der Waals surface area contributed by atoms with Gasteiger partial charge in [-0.25, -0.2) is 0 Å². The van der Waals surface area contributed by atoms with E-state index in [1.165, 1.54) is 11.0 Å². The Morgan fingerprint density at radius 3 is 2.62 bits per heavy atom. The van der Waals surface area contributed by atoms with Crippen LogP contribution in [0.2, 0.25) is 0 Å². The Balaban J connectivity index is 2.12. The maximum absolute atomic E-state index is 14.1. The molecule has 8 heteroatoms. The van der Waals surface area contributed by atoms with Gasteiger partial charge in [0.2, 0.25) is 11.8 Å². The topological polar surface area (TPSA) is 96.4 Å². The lowest BCUT2D eigenvalue weighted by atomic mass is 9.62. The molecule has 3 heterocycles. The fourth-order valence-electron chi connectivity index (χ4n) is 6.32. The molecule has 0 aromatic rings. The second kappa shape index (κ2) is 10.2. The summed E-state index contributed by atoms with van der Waals surface area (Å²) in [5.41, 5.74) is -2.06. The average molecular weight is 477 g/mol. The van der Waals surface area contributed by atoms with Crippen LogP contribution in [0.15, 0.2) is 25.3 Å². The third-order valence-corrected chi connectivity index (χ3v) is 8.10. The van der Waals surface area contributed by atoms with Crippen molar-refractivity contribution in [2.75, 3.05) is 26.3 Å². The zero-order valence-electron chi connectivity index (χ0n) is 21.0. The van der Waals surface area contributed by atoms with Crippen LogP contribution < -0.4 is 0 Å². The van der Waals surface area contributed by atoms with Gasteiger partial charge in [-0.05, 0) is 32.1 Å². The number of nitrogens with zero attached hydrogens (tertiary/aromatic N) is 2. The lowest BCUT2D eigenvalue weighted by Crippen LogP contribution is -2.59. The molecule has 0 saturated carbocycles. The SMILES string of the molecule is C=CCOC(=O)[C@@H]1[C@H]2C(=O)N([C@@H](CC)CO)C(C(=O)N(CC=C)CCCC)C23CC(C)[C@@]1(C)O3. The maximum Gasteiger partial charge on any atom is 0.313 e. The Kier molecular flexibility index (Phi) is 7.92. The summed E-state index contributed by atoms with van der Waals surface area (Å²) in [7, 11) is 0. The van der Waals surface area contributed by atoms with E-state index in [2.05, 4.69) is 20.1 Å². The van der Waals surface area contributed by atoms with E-state index in [0.717, 1.165) is 12.8 Å². The van der Waals surface area contributed by atoms with E-state index in [-0.39, 0.29) is 30.9 Å². The molecule has 190 valence electrons. The Bertz CT molecular complexity index is 826. The molecule has 2 amide bonds. The van der Waals surface area contributed by atoms with E-state index >= 15 is 0 Å². The molecular formula is C26H40N2O6. The molecule has 0 aromatic carbocycles. The van der Waals surface area contributed by atoms with Crippen molar-refractivity contribution in [3.8, 4) is 0 Å². The minimum Gasteiger partial charge on any atom is -0.461 e. The Labute approximate surface area is 202 Å². The van der Waals surface area contributed by atoms with Crippen molar-refractivity contribution in [1.29, 1.82) is 0 Å². The normalized spacial score (nSPS) is 34.6. The van der Waals surface area contributed by atoms with Crippen LogP contribution in [0, 0.1) is 17.8 Å². The third kappa shape index (κ3) is 3.88. The smallest absolute Gasteiger partial charge is 0.313 e. The fraction of sp³-hybridized carbons (Fsp3) is 0.731. The molecule has 0 aromatic heterocycles. The van der Waals surface area contributed by atoms with Crippen molar-refractivity contribution in [3.63, 3.8) is 0 Å². The molecule has 1 spiro atoms. The number of rotatable bonds is 12. The molecule has 0 radical (unpaired) electrons. The summed E-state index contributed by atoms with van der Waals surface area (Å²) in [5, 5.41) is 10.1. The molecule has 2 bridgehead atoms. The molecule has 3 rings (SSSR count). The second-order valence-corrected chi connectivity index (χ2v) is 10.0. The van der Waals surface area contributed by atoms with Gasteiger partial charge in [0.05, 0.1) is 24.2 Å². The summed E-state index contributed by atoms with van der Waals surface area (Å²) < 4.78 is 12.1. The van der Waals surface area contributed by atoms with Gasteiger partial charge in [0.1, 0.15) is 24.2 Å². The number of unbranched alkanes of at least 4 members (excludes halogenated alkanes) is 1.